The van der Waals surface area contributed by atoms with Gasteiger partial charge in [0.05, 0.1) is 7.11 Å². The van der Waals surface area contributed by atoms with Crippen LogP contribution in [0.25, 0.3) is 0 Å². The number of esters is 1. The Labute approximate surface area is 72.5 Å². The van der Waals surface area contributed by atoms with Gasteiger partial charge in [0, 0.05) is 0 Å². The standard InChI is InChI=1S/C9H15NO2/c1-12-9(11)8-7-3-2-6(4-7)5-10-8/h6-8,10H,2-5H2,1H3/t6-,7+,8-/m0/s1. The number of carbonyl (C=O) groups excluding carboxylic acids is 1. The normalized spacial score (nSPS) is 39.6. The van der Waals surface area contributed by atoms with E-state index < -0.39 is 0 Å². The molecule has 0 amide bonds. The predicted octanol–water partition coefficient (Wildman–Crippen LogP) is 0.547. The number of carbonyl (C=O) groups is 1. The van der Waals surface area contributed by atoms with Crippen molar-refractivity contribution in [3.63, 3.8) is 0 Å². The van der Waals surface area contributed by atoms with Crippen LogP contribution < -0.4 is 5.32 Å². The van der Waals surface area contributed by atoms with Gasteiger partial charge in [0.2, 0.25) is 0 Å². The van der Waals surface area contributed by atoms with Crippen molar-refractivity contribution in [3.8, 4) is 0 Å². The van der Waals surface area contributed by atoms with Gasteiger partial charge in [-0.05, 0) is 37.6 Å². The highest BCUT2D eigenvalue weighted by atomic mass is 16.5. The average molecular weight is 169 g/mol. The van der Waals surface area contributed by atoms with Crippen molar-refractivity contribution in [2.75, 3.05) is 13.7 Å². The predicted molar refractivity (Wildman–Crippen MR) is 44.6 cm³/mol. The Kier molecular flexibility index (Phi) is 2.05. The Bertz CT molecular complexity index is 193. The molecule has 1 aliphatic carbocycles. The summed E-state index contributed by atoms with van der Waals surface area (Å²) in [4.78, 5) is 11.3. The Morgan fingerprint density at radius 1 is 1.50 bits per heavy atom. The van der Waals surface area contributed by atoms with Crippen molar-refractivity contribution < 1.29 is 9.53 Å². The summed E-state index contributed by atoms with van der Waals surface area (Å²) in [6.45, 7) is 0.996. The second-order valence-corrected chi connectivity index (χ2v) is 3.85. The van der Waals surface area contributed by atoms with Crippen LogP contribution in [0.5, 0.6) is 0 Å². The first-order chi connectivity index (χ1) is 5.81. The van der Waals surface area contributed by atoms with E-state index in [1.54, 1.807) is 0 Å². The topological polar surface area (TPSA) is 38.3 Å². The highest BCUT2D eigenvalue weighted by Gasteiger charge is 2.39. The fraction of sp³-hybridized carbons (Fsp3) is 0.889. The molecule has 0 aromatic rings. The van der Waals surface area contributed by atoms with Gasteiger partial charge in [0.15, 0.2) is 0 Å². The number of nitrogens with one attached hydrogen (secondary N) is 1. The van der Waals surface area contributed by atoms with E-state index in [1.165, 1.54) is 26.4 Å². The van der Waals surface area contributed by atoms with E-state index in [0.29, 0.717) is 5.92 Å². The van der Waals surface area contributed by atoms with E-state index in [2.05, 4.69) is 5.32 Å². The van der Waals surface area contributed by atoms with Gasteiger partial charge in [-0.3, -0.25) is 4.79 Å². The van der Waals surface area contributed by atoms with Gasteiger partial charge in [-0.1, -0.05) is 0 Å². The third kappa shape index (κ3) is 1.22. The average Bonchev–Trinajstić information content (AvgIpc) is 2.47. The number of hydrogen-bond donors (Lipinski definition) is 1. The van der Waals surface area contributed by atoms with E-state index >= 15 is 0 Å². The number of methoxy groups -OCH3 is 1. The van der Waals surface area contributed by atoms with Crippen molar-refractivity contribution >= 4 is 5.97 Å². The number of hydrogen-bond acceptors (Lipinski definition) is 3. The van der Waals surface area contributed by atoms with E-state index in [0.717, 1.165) is 12.5 Å². The summed E-state index contributed by atoms with van der Waals surface area (Å²) in [7, 11) is 1.46. The minimum atomic E-state index is -0.0830. The molecule has 0 radical (unpaired) electrons. The molecule has 1 saturated heterocycles. The van der Waals surface area contributed by atoms with Crippen LogP contribution in [0.4, 0.5) is 0 Å². The first-order valence-electron chi connectivity index (χ1n) is 4.62. The Balaban J connectivity index is 2.02. The quantitative estimate of drug-likeness (QED) is 0.582. The lowest BCUT2D eigenvalue weighted by atomic mass is 9.93. The maximum atomic E-state index is 11.3. The minimum absolute atomic E-state index is 0.0197. The van der Waals surface area contributed by atoms with Crippen molar-refractivity contribution in [1.29, 1.82) is 0 Å². The molecule has 1 N–H and O–H groups in total. The van der Waals surface area contributed by atoms with Crippen LogP contribution in [-0.4, -0.2) is 25.7 Å². The molecule has 2 rings (SSSR count). The van der Waals surface area contributed by atoms with E-state index in [1.807, 2.05) is 0 Å². The molecule has 0 aromatic carbocycles. The molecule has 0 unspecified atom stereocenters. The van der Waals surface area contributed by atoms with Crippen LogP contribution in [0, 0.1) is 11.8 Å². The lowest BCUT2D eigenvalue weighted by Crippen LogP contribution is -2.47. The van der Waals surface area contributed by atoms with E-state index in [-0.39, 0.29) is 12.0 Å². The summed E-state index contributed by atoms with van der Waals surface area (Å²) >= 11 is 0. The molecule has 1 saturated carbocycles. The van der Waals surface area contributed by atoms with E-state index in [9.17, 15) is 4.79 Å². The molecule has 2 bridgehead atoms. The molecule has 68 valence electrons. The fourth-order valence-electron chi connectivity index (χ4n) is 2.46. The number of ether oxygens (including phenoxy) is 1. The third-order valence-electron chi connectivity index (χ3n) is 3.13. The molecule has 1 aliphatic heterocycles. The fourth-order valence-corrected chi connectivity index (χ4v) is 2.46. The van der Waals surface area contributed by atoms with Crippen LogP contribution in [0.3, 0.4) is 0 Å². The van der Waals surface area contributed by atoms with Crippen molar-refractivity contribution in [1.82, 2.24) is 5.32 Å². The van der Waals surface area contributed by atoms with Gasteiger partial charge >= 0.3 is 5.97 Å². The summed E-state index contributed by atoms with van der Waals surface area (Å²) < 4.78 is 4.74. The second kappa shape index (κ2) is 3.05. The van der Waals surface area contributed by atoms with Crippen LogP contribution >= 0.6 is 0 Å². The maximum absolute atomic E-state index is 11.3. The molecule has 3 atom stereocenters. The smallest absolute Gasteiger partial charge is 0.323 e. The first-order valence-corrected chi connectivity index (χ1v) is 4.62. The van der Waals surface area contributed by atoms with Crippen molar-refractivity contribution in [3.05, 3.63) is 0 Å². The van der Waals surface area contributed by atoms with Gasteiger partial charge in [-0.15, -0.1) is 0 Å². The van der Waals surface area contributed by atoms with Gasteiger partial charge < -0.3 is 10.1 Å². The summed E-state index contributed by atoms with van der Waals surface area (Å²) in [5.41, 5.74) is 0. The molecule has 2 fully saturated rings. The zero-order chi connectivity index (χ0) is 8.55. The molecule has 12 heavy (non-hydrogen) atoms. The molecule has 0 aromatic heterocycles. The molecule has 1 heterocycles. The molecule has 0 spiro atoms. The zero-order valence-electron chi connectivity index (χ0n) is 7.38. The monoisotopic (exact) mass is 169 g/mol. The number of rotatable bonds is 1. The Hall–Kier alpha value is -0.570. The molecule has 3 heteroatoms. The van der Waals surface area contributed by atoms with Crippen LogP contribution in [-0.2, 0) is 9.53 Å². The zero-order valence-corrected chi connectivity index (χ0v) is 7.38. The third-order valence-corrected chi connectivity index (χ3v) is 3.13. The first kappa shape index (κ1) is 8.05. The maximum Gasteiger partial charge on any atom is 0.323 e. The highest BCUT2D eigenvalue weighted by Crippen LogP contribution is 2.36. The highest BCUT2D eigenvalue weighted by molar-refractivity contribution is 5.76. The van der Waals surface area contributed by atoms with Crippen LogP contribution in [0.1, 0.15) is 19.3 Å². The summed E-state index contributed by atoms with van der Waals surface area (Å²) in [6, 6.07) is -0.0197. The summed E-state index contributed by atoms with van der Waals surface area (Å²) in [5.74, 6) is 1.27. The van der Waals surface area contributed by atoms with Crippen molar-refractivity contribution in [2.45, 2.75) is 25.3 Å². The van der Waals surface area contributed by atoms with Gasteiger partial charge in [0.1, 0.15) is 6.04 Å². The molecule has 3 nitrogen and oxygen atoms in total. The molecule has 2 aliphatic rings. The lowest BCUT2D eigenvalue weighted by molar-refractivity contribution is -0.145. The summed E-state index contributed by atoms with van der Waals surface area (Å²) in [6.07, 6.45) is 3.69. The SMILES string of the molecule is COC(=O)[C@H]1NC[C@H]2CC[C@@H]1C2. The van der Waals surface area contributed by atoms with Crippen LogP contribution in [0.15, 0.2) is 0 Å². The largest absolute Gasteiger partial charge is 0.468 e. The number of piperidine rings is 1. The van der Waals surface area contributed by atoms with Crippen LogP contribution in [0.2, 0.25) is 0 Å². The Morgan fingerprint density at radius 2 is 2.33 bits per heavy atom. The van der Waals surface area contributed by atoms with E-state index in [4.69, 9.17) is 4.74 Å². The van der Waals surface area contributed by atoms with Gasteiger partial charge in [-0.25, -0.2) is 0 Å². The van der Waals surface area contributed by atoms with Gasteiger partial charge in [0.25, 0.3) is 0 Å². The summed E-state index contributed by atoms with van der Waals surface area (Å²) in [5, 5.41) is 3.26. The Morgan fingerprint density at radius 3 is 3.08 bits per heavy atom. The van der Waals surface area contributed by atoms with Crippen molar-refractivity contribution in [2.24, 2.45) is 11.8 Å². The molecular formula is C9H15NO2. The lowest BCUT2D eigenvalue weighted by Gasteiger charge is -2.27. The minimum Gasteiger partial charge on any atom is -0.468 e. The van der Waals surface area contributed by atoms with Gasteiger partial charge in [-0.2, -0.15) is 0 Å². The number of fused-ring (bicyclic) bond motifs is 2. The second-order valence-electron chi connectivity index (χ2n) is 3.85. The molecular weight excluding hydrogens is 154 g/mol.